The van der Waals surface area contributed by atoms with Gasteiger partial charge in [0.25, 0.3) is 0 Å². The van der Waals surface area contributed by atoms with Crippen LogP contribution in [0.2, 0.25) is 0 Å². The van der Waals surface area contributed by atoms with Gasteiger partial charge in [0.1, 0.15) is 11.7 Å². The molecule has 1 aliphatic rings. The molecule has 0 radical (unpaired) electrons. The molecule has 0 aliphatic carbocycles. The molecule has 0 aromatic heterocycles. The van der Waals surface area contributed by atoms with Crippen molar-refractivity contribution in [3.8, 4) is 0 Å². The molecule has 15 heavy (non-hydrogen) atoms. The molecule has 0 saturated carbocycles. The second-order valence-corrected chi connectivity index (χ2v) is 3.76. The van der Waals surface area contributed by atoms with E-state index in [2.05, 4.69) is 0 Å². The van der Waals surface area contributed by atoms with E-state index in [1.807, 2.05) is 0 Å². The Hall–Kier alpha value is -0.900. The van der Waals surface area contributed by atoms with E-state index in [-0.39, 0.29) is 11.7 Å². The van der Waals surface area contributed by atoms with Gasteiger partial charge in [-0.1, -0.05) is 0 Å². The van der Waals surface area contributed by atoms with Crippen LogP contribution in [0.5, 0.6) is 0 Å². The van der Waals surface area contributed by atoms with Gasteiger partial charge in [-0.15, -0.1) is 0 Å². The van der Waals surface area contributed by atoms with Crippen molar-refractivity contribution >= 4 is 11.8 Å². The van der Waals surface area contributed by atoms with E-state index in [1.165, 1.54) is 0 Å². The van der Waals surface area contributed by atoms with Gasteiger partial charge in [0.2, 0.25) is 0 Å². The molecule has 0 bridgehead atoms. The molecular weight excluding hydrogens is 196 g/mol. The van der Waals surface area contributed by atoms with Crippen molar-refractivity contribution in [3.63, 3.8) is 0 Å². The number of ether oxygens (including phenoxy) is 2. The Morgan fingerprint density at radius 2 is 2.00 bits per heavy atom. The van der Waals surface area contributed by atoms with Crippen LogP contribution in [0.4, 0.5) is 0 Å². The van der Waals surface area contributed by atoms with E-state index in [9.17, 15) is 9.59 Å². The van der Waals surface area contributed by atoms with Gasteiger partial charge in [0.15, 0.2) is 0 Å². The molecule has 1 heterocycles. The maximum atomic E-state index is 11.9. The van der Waals surface area contributed by atoms with E-state index in [0.717, 1.165) is 12.8 Å². The number of Topliss-reactive ketones (excluding diaryl/α,β-unsaturated/α-hetero) is 1. The van der Waals surface area contributed by atoms with Crippen molar-refractivity contribution in [2.24, 2.45) is 11.8 Å². The highest BCUT2D eigenvalue weighted by Gasteiger charge is 2.30. The van der Waals surface area contributed by atoms with Crippen molar-refractivity contribution < 1.29 is 19.1 Å². The van der Waals surface area contributed by atoms with Crippen LogP contribution in [-0.2, 0) is 19.1 Å². The quantitative estimate of drug-likeness (QED) is 0.521. The summed E-state index contributed by atoms with van der Waals surface area (Å²) in [5, 5.41) is 0. The summed E-state index contributed by atoms with van der Waals surface area (Å²) in [7, 11) is 0. The largest absolute Gasteiger partial charge is 0.465 e. The summed E-state index contributed by atoms with van der Waals surface area (Å²) in [6.45, 7) is 4.92. The lowest BCUT2D eigenvalue weighted by Gasteiger charge is -2.22. The lowest BCUT2D eigenvalue weighted by molar-refractivity contribution is -0.152. The van der Waals surface area contributed by atoms with Gasteiger partial charge in [-0.3, -0.25) is 9.59 Å². The van der Waals surface area contributed by atoms with Crippen molar-refractivity contribution in [1.82, 2.24) is 0 Å². The average Bonchev–Trinajstić information content (AvgIpc) is 2.28. The highest BCUT2D eigenvalue weighted by Crippen LogP contribution is 2.20. The molecule has 86 valence electrons. The van der Waals surface area contributed by atoms with Gasteiger partial charge in [-0.25, -0.2) is 0 Å². The summed E-state index contributed by atoms with van der Waals surface area (Å²) >= 11 is 0. The molecule has 0 aromatic carbocycles. The molecule has 0 N–H and O–H groups in total. The minimum atomic E-state index is -0.631. The van der Waals surface area contributed by atoms with Crippen LogP contribution in [0.25, 0.3) is 0 Å². The van der Waals surface area contributed by atoms with Crippen LogP contribution in [0.3, 0.4) is 0 Å². The van der Waals surface area contributed by atoms with E-state index in [0.29, 0.717) is 19.8 Å². The Balaban J connectivity index is 2.47. The van der Waals surface area contributed by atoms with Gasteiger partial charge < -0.3 is 9.47 Å². The maximum Gasteiger partial charge on any atom is 0.316 e. The van der Waals surface area contributed by atoms with Gasteiger partial charge in [-0.2, -0.15) is 0 Å². The fourth-order valence-corrected chi connectivity index (χ4v) is 1.72. The lowest BCUT2D eigenvalue weighted by atomic mass is 9.88. The molecule has 0 spiro atoms. The fourth-order valence-electron chi connectivity index (χ4n) is 1.72. The van der Waals surface area contributed by atoms with E-state index in [1.54, 1.807) is 13.8 Å². The standard InChI is InChI=1S/C11H18O4/c1-3-15-11(13)8(2)10(12)9-4-6-14-7-5-9/h8-9H,3-7H2,1-2H3. The summed E-state index contributed by atoms with van der Waals surface area (Å²) in [4.78, 5) is 23.2. The van der Waals surface area contributed by atoms with Crippen molar-refractivity contribution in [1.29, 1.82) is 0 Å². The zero-order valence-corrected chi connectivity index (χ0v) is 9.32. The van der Waals surface area contributed by atoms with Crippen LogP contribution in [0.1, 0.15) is 26.7 Å². The molecule has 0 aromatic rings. The lowest BCUT2D eigenvalue weighted by Crippen LogP contribution is -2.32. The fraction of sp³-hybridized carbons (Fsp3) is 0.818. The zero-order valence-electron chi connectivity index (χ0n) is 9.32. The summed E-state index contributed by atoms with van der Waals surface area (Å²) in [6.07, 6.45) is 1.45. The van der Waals surface area contributed by atoms with Crippen LogP contribution in [-0.4, -0.2) is 31.6 Å². The summed E-state index contributed by atoms with van der Waals surface area (Å²) in [6, 6.07) is 0. The van der Waals surface area contributed by atoms with Gasteiger partial charge in [0.05, 0.1) is 6.61 Å². The number of carbonyl (C=O) groups excluding carboxylic acids is 2. The third-order valence-electron chi connectivity index (χ3n) is 2.69. The van der Waals surface area contributed by atoms with Crippen molar-refractivity contribution in [2.45, 2.75) is 26.7 Å². The number of rotatable bonds is 4. The highest BCUT2D eigenvalue weighted by molar-refractivity contribution is 5.99. The first-order valence-corrected chi connectivity index (χ1v) is 5.45. The summed E-state index contributed by atoms with van der Waals surface area (Å²) in [5.41, 5.74) is 0. The predicted octanol–water partition coefficient (Wildman–Crippen LogP) is 1.18. The maximum absolute atomic E-state index is 11.9. The molecule has 1 fully saturated rings. The second kappa shape index (κ2) is 5.85. The topological polar surface area (TPSA) is 52.6 Å². The Kier molecular flexibility index (Phi) is 4.75. The monoisotopic (exact) mass is 214 g/mol. The molecule has 0 amide bonds. The molecule has 4 nitrogen and oxygen atoms in total. The minimum Gasteiger partial charge on any atom is -0.465 e. The SMILES string of the molecule is CCOC(=O)C(C)C(=O)C1CCOCC1. The van der Waals surface area contributed by atoms with Gasteiger partial charge in [0, 0.05) is 19.1 Å². The van der Waals surface area contributed by atoms with Crippen LogP contribution in [0, 0.1) is 11.8 Å². The molecule has 1 atom stereocenters. The Morgan fingerprint density at radius 1 is 1.40 bits per heavy atom. The molecule has 1 aliphatic heterocycles. The van der Waals surface area contributed by atoms with E-state index in [4.69, 9.17) is 9.47 Å². The first-order chi connectivity index (χ1) is 7.16. The Bertz CT molecular complexity index is 231. The normalized spacial score (nSPS) is 19.6. The number of hydrogen-bond acceptors (Lipinski definition) is 4. The van der Waals surface area contributed by atoms with Gasteiger partial charge in [-0.05, 0) is 26.7 Å². The predicted molar refractivity (Wildman–Crippen MR) is 54.3 cm³/mol. The summed E-state index contributed by atoms with van der Waals surface area (Å²) < 4.78 is 9.99. The van der Waals surface area contributed by atoms with Crippen LogP contribution < -0.4 is 0 Å². The van der Waals surface area contributed by atoms with E-state index < -0.39 is 11.9 Å². The van der Waals surface area contributed by atoms with Crippen molar-refractivity contribution in [3.05, 3.63) is 0 Å². The smallest absolute Gasteiger partial charge is 0.316 e. The number of hydrogen-bond donors (Lipinski definition) is 0. The number of carbonyl (C=O) groups is 2. The second-order valence-electron chi connectivity index (χ2n) is 3.76. The van der Waals surface area contributed by atoms with Crippen LogP contribution in [0.15, 0.2) is 0 Å². The Morgan fingerprint density at radius 3 is 2.53 bits per heavy atom. The average molecular weight is 214 g/mol. The minimum absolute atomic E-state index is 0.00301. The number of esters is 1. The first-order valence-electron chi connectivity index (χ1n) is 5.45. The van der Waals surface area contributed by atoms with E-state index >= 15 is 0 Å². The molecule has 1 rings (SSSR count). The zero-order chi connectivity index (χ0) is 11.3. The molecular formula is C11H18O4. The molecule has 4 heteroatoms. The van der Waals surface area contributed by atoms with Crippen molar-refractivity contribution in [2.75, 3.05) is 19.8 Å². The third-order valence-corrected chi connectivity index (χ3v) is 2.69. The van der Waals surface area contributed by atoms with Gasteiger partial charge >= 0.3 is 5.97 Å². The molecule has 1 unspecified atom stereocenters. The molecule has 1 saturated heterocycles. The first kappa shape index (κ1) is 12.2. The number of ketones is 1. The highest BCUT2D eigenvalue weighted by atomic mass is 16.5. The third kappa shape index (κ3) is 3.30. The summed E-state index contributed by atoms with van der Waals surface area (Å²) in [5.74, 6) is -1.07. The Labute approximate surface area is 89.9 Å². The van der Waals surface area contributed by atoms with Crippen LogP contribution >= 0.6 is 0 Å².